The fourth-order valence-electron chi connectivity index (χ4n) is 12.6. The van der Waals surface area contributed by atoms with E-state index < -0.39 is 12.1 Å². The van der Waals surface area contributed by atoms with E-state index in [1.54, 1.807) is 0 Å². The zero-order valence-corrected chi connectivity index (χ0v) is 57.4. The standard InChI is InChI=1S/C78H153NO5/c1-3-5-7-9-11-13-15-17-19-21-22-36-39-42-46-50-54-58-62-66-70-76(81)75(74-80)79-77(82)71-67-63-59-55-51-47-43-40-37-34-32-30-28-26-24-23-25-27-29-31-33-35-38-41-45-49-53-57-61-65-69-73-84-78(83)72-68-64-60-56-52-48-44-20-18-16-14-12-10-8-6-4-2/h25,27,75-76,80-81H,3-24,26,28-74H2,1-2H3,(H,79,82)/b27-25-. The molecule has 0 aromatic heterocycles. The van der Waals surface area contributed by atoms with Crippen molar-refractivity contribution < 1.29 is 24.5 Å². The lowest BCUT2D eigenvalue weighted by atomic mass is 10.0. The Balaban J connectivity index is 3.34. The third-order valence-electron chi connectivity index (χ3n) is 18.6. The minimum atomic E-state index is -0.663. The molecule has 1 amide bonds. The van der Waals surface area contributed by atoms with Crippen LogP contribution < -0.4 is 5.32 Å². The maximum Gasteiger partial charge on any atom is 0.305 e. The van der Waals surface area contributed by atoms with Crippen LogP contribution in [0.2, 0.25) is 0 Å². The summed E-state index contributed by atoms with van der Waals surface area (Å²) in [6.45, 7) is 5.01. The van der Waals surface area contributed by atoms with Gasteiger partial charge in [-0.3, -0.25) is 9.59 Å². The number of hydrogen-bond donors (Lipinski definition) is 3. The molecule has 0 saturated carbocycles. The molecule has 6 nitrogen and oxygen atoms in total. The molecule has 0 aliphatic carbocycles. The first kappa shape index (κ1) is 82.6. The van der Waals surface area contributed by atoms with Crippen molar-refractivity contribution in [1.29, 1.82) is 0 Å². The molecule has 0 aliphatic rings. The van der Waals surface area contributed by atoms with E-state index in [1.807, 2.05) is 0 Å². The Kier molecular flexibility index (Phi) is 72.8. The number of aliphatic hydroxyl groups is 2. The molecule has 0 bridgehead atoms. The van der Waals surface area contributed by atoms with Gasteiger partial charge in [-0.25, -0.2) is 0 Å². The maximum absolute atomic E-state index is 12.6. The summed E-state index contributed by atoms with van der Waals surface area (Å²) in [5.74, 6) is -0.00513. The van der Waals surface area contributed by atoms with Crippen LogP contribution in [-0.2, 0) is 14.3 Å². The molecule has 0 spiro atoms. The van der Waals surface area contributed by atoms with Gasteiger partial charge in [0.05, 0.1) is 25.4 Å². The van der Waals surface area contributed by atoms with Gasteiger partial charge < -0.3 is 20.3 Å². The lowest BCUT2D eigenvalue weighted by Crippen LogP contribution is -2.45. The van der Waals surface area contributed by atoms with Gasteiger partial charge in [-0.05, 0) is 51.4 Å². The monoisotopic (exact) mass is 1180 g/mol. The quantitative estimate of drug-likeness (QED) is 0.0320. The number of amides is 1. The summed E-state index contributed by atoms with van der Waals surface area (Å²) in [6, 6.07) is -0.540. The number of allylic oxidation sites excluding steroid dienone is 2. The third-order valence-corrected chi connectivity index (χ3v) is 18.6. The van der Waals surface area contributed by atoms with Gasteiger partial charge in [-0.2, -0.15) is 0 Å². The van der Waals surface area contributed by atoms with Crippen LogP contribution in [-0.4, -0.2) is 47.4 Å². The molecular formula is C78H153NO5. The zero-order chi connectivity index (χ0) is 60.6. The lowest BCUT2D eigenvalue weighted by molar-refractivity contribution is -0.143. The highest BCUT2D eigenvalue weighted by atomic mass is 16.5. The second-order valence-corrected chi connectivity index (χ2v) is 27.0. The number of esters is 1. The van der Waals surface area contributed by atoms with E-state index in [9.17, 15) is 19.8 Å². The second-order valence-electron chi connectivity index (χ2n) is 27.0. The van der Waals surface area contributed by atoms with Gasteiger partial charge in [0, 0.05) is 12.8 Å². The highest BCUT2D eigenvalue weighted by Gasteiger charge is 2.20. The van der Waals surface area contributed by atoms with Crippen LogP contribution >= 0.6 is 0 Å². The molecule has 0 heterocycles. The van der Waals surface area contributed by atoms with Crippen molar-refractivity contribution >= 4 is 11.9 Å². The molecular weight excluding hydrogens is 1030 g/mol. The van der Waals surface area contributed by atoms with Gasteiger partial charge in [0.1, 0.15) is 0 Å². The van der Waals surface area contributed by atoms with Crippen LogP contribution in [0.3, 0.4) is 0 Å². The van der Waals surface area contributed by atoms with Crippen molar-refractivity contribution in [2.24, 2.45) is 0 Å². The van der Waals surface area contributed by atoms with E-state index in [4.69, 9.17) is 4.74 Å². The van der Waals surface area contributed by atoms with Crippen molar-refractivity contribution in [3.8, 4) is 0 Å². The zero-order valence-electron chi connectivity index (χ0n) is 57.4. The Hall–Kier alpha value is -1.40. The Labute approximate surface area is 527 Å². The molecule has 0 aromatic rings. The molecule has 0 fully saturated rings. The van der Waals surface area contributed by atoms with Crippen LogP contribution in [0.15, 0.2) is 12.2 Å². The Morgan fingerprint density at radius 3 is 0.845 bits per heavy atom. The first-order valence-corrected chi connectivity index (χ1v) is 38.9. The molecule has 3 N–H and O–H groups in total. The van der Waals surface area contributed by atoms with Crippen LogP contribution in [0.1, 0.15) is 450 Å². The number of carbonyl (C=O) groups excluding carboxylic acids is 2. The van der Waals surface area contributed by atoms with Crippen LogP contribution in [0, 0.1) is 0 Å². The molecule has 6 heteroatoms. The summed E-state index contributed by atoms with van der Waals surface area (Å²) in [6.07, 6.45) is 92.9. The average molecular weight is 1190 g/mol. The third kappa shape index (κ3) is 69.7. The topological polar surface area (TPSA) is 95.9 Å². The Morgan fingerprint density at radius 2 is 0.560 bits per heavy atom. The first-order chi connectivity index (χ1) is 41.5. The summed E-state index contributed by atoms with van der Waals surface area (Å²) >= 11 is 0. The number of nitrogens with one attached hydrogen (secondary N) is 1. The summed E-state index contributed by atoms with van der Waals surface area (Å²) < 4.78 is 5.51. The minimum Gasteiger partial charge on any atom is -0.466 e. The number of ether oxygens (including phenoxy) is 1. The molecule has 2 unspecified atom stereocenters. The smallest absolute Gasteiger partial charge is 0.305 e. The number of hydrogen-bond acceptors (Lipinski definition) is 5. The van der Waals surface area contributed by atoms with Crippen molar-refractivity contribution in [2.75, 3.05) is 13.2 Å². The number of rotatable bonds is 74. The van der Waals surface area contributed by atoms with Gasteiger partial charge in [-0.1, -0.05) is 398 Å². The van der Waals surface area contributed by atoms with Gasteiger partial charge in [0.2, 0.25) is 5.91 Å². The van der Waals surface area contributed by atoms with E-state index >= 15 is 0 Å². The molecule has 500 valence electrons. The number of unbranched alkanes of at least 4 members (excludes halogenated alkanes) is 61. The maximum atomic E-state index is 12.6. The predicted octanol–water partition coefficient (Wildman–Crippen LogP) is 25.5. The Morgan fingerprint density at radius 1 is 0.321 bits per heavy atom. The molecule has 0 aromatic carbocycles. The van der Waals surface area contributed by atoms with Crippen molar-refractivity contribution in [3.63, 3.8) is 0 Å². The van der Waals surface area contributed by atoms with Gasteiger partial charge in [0.15, 0.2) is 0 Å². The van der Waals surface area contributed by atoms with Crippen molar-refractivity contribution in [3.05, 3.63) is 12.2 Å². The molecule has 0 rings (SSSR count). The minimum absolute atomic E-state index is 0.0224. The van der Waals surface area contributed by atoms with E-state index in [2.05, 4.69) is 31.3 Å². The van der Waals surface area contributed by atoms with Crippen LogP contribution in [0.5, 0.6) is 0 Å². The first-order valence-electron chi connectivity index (χ1n) is 38.9. The molecule has 0 aliphatic heterocycles. The van der Waals surface area contributed by atoms with Crippen molar-refractivity contribution in [1.82, 2.24) is 5.32 Å². The number of carbonyl (C=O) groups is 2. The van der Waals surface area contributed by atoms with E-state index in [0.717, 1.165) is 38.5 Å². The van der Waals surface area contributed by atoms with Gasteiger partial charge in [0.25, 0.3) is 0 Å². The SMILES string of the molecule is CCCCCCCCCCCCCCCCCCCCCCC(O)C(CO)NC(=O)CCCCCCCCCCCCCCCCC/C=C\CCCCCCCCCCCCCCOC(=O)CCCCCCCCCCCCCCCCCC. The van der Waals surface area contributed by atoms with Crippen LogP contribution in [0.25, 0.3) is 0 Å². The average Bonchev–Trinajstić information content (AvgIpc) is 3.50. The largest absolute Gasteiger partial charge is 0.466 e. The number of aliphatic hydroxyl groups excluding tert-OH is 2. The molecule has 84 heavy (non-hydrogen) atoms. The Bertz CT molecular complexity index is 1270. The van der Waals surface area contributed by atoms with Gasteiger partial charge >= 0.3 is 5.97 Å². The fraction of sp³-hybridized carbons (Fsp3) is 0.949. The summed E-state index contributed by atoms with van der Waals surface area (Å²) in [7, 11) is 0. The summed E-state index contributed by atoms with van der Waals surface area (Å²) in [5, 5.41) is 23.4. The second kappa shape index (κ2) is 74.1. The molecule has 2 atom stereocenters. The summed E-state index contributed by atoms with van der Waals surface area (Å²) in [4.78, 5) is 24.7. The highest BCUT2D eigenvalue weighted by molar-refractivity contribution is 5.76. The fourth-order valence-corrected chi connectivity index (χ4v) is 12.6. The van der Waals surface area contributed by atoms with E-state index in [-0.39, 0.29) is 18.5 Å². The van der Waals surface area contributed by atoms with Crippen molar-refractivity contribution in [2.45, 2.75) is 463 Å². The highest BCUT2D eigenvalue weighted by Crippen LogP contribution is 2.20. The van der Waals surface area contributed by atoms with Crippen LogP contribution in [0.4, 0.5) is 0 Å². The van der Waals surface area contributed by atoms with E-state index in [0.29, 0.717) is 25.9 Å². The van der Waals surface area contributed by atoms with E-state index in [1.165, 1.54) is 379 Å². The lowest BCUT2D eigenvalue weighted by Gasteiger charge is -2.22. The molecule has 0 radical (unpaired) electrons. The summed E-state index contributed by atoms with van der Waals surface area (Å²) in [5.41, 5.74) is 0. The van der Waals surface area contributed by atoms with Gasteiger partial charge in [-0.15, -0.1) is 0 Å². The normalized spacial score (nSPS) is 12.5. The molecule has 0 saturated heterocycles. The predicted molar refractivity (Wildman–Crippen MR) is 370 cm³/mol.